The molecule has 2 aromatic carbocycles. The number of hydrogen-bond acceptors (Lipinski definition) is 6. The summed E-state index contributed by atoms with van der Waals surface area (Å²) in [5.74, 6) is 1.46. The monoisotopic (exact) mass is 472 g/mol. The lowest BCUT2D eigenvalue weighted by Crippen LogP contribution is -2.21. The summed E-state index contributed by atoms with van der Waals surface area (Å²) in [5.41, 5.74) is 3.35. The van der Waals surface area contributed by atoms with Crippen molar-refractivity contribution in [2.45, 2.75) is 38.1 Å². The molecule has 174 valence electrons. The van der Waals surface area contributed by atoms with Crippen molar-refractivity contribution in [2.75, 3.05) is 19.4 Å². The van der Waals surface area contributed by atoms with Gasteiger partial charge in [0.1, 0.15) is 11.5 Å². The lowest BCUT2D eigenvalue weighted by molar-refractivity contribution is 0.0827. The van der Waals surface area contributed by atoms with E-state index in [1.807, 2.05) is 54.6 Å². The summed E-state index contributed by atoms with van der Waals surface area (Å²) in [6, 6.07) is 17.8. The van der Waals surface area contributed by atoms with Crippen molar-refractivity contribution in [3.8, 4) is 22.8 Å². The summed E-state index contributed by atoms with van der Waals surface area (Å²) in [5, 5.41) is 4.60. The van der Waals surface area contributed by atoms with Crippen LogP contribution in [0.15, 0.2) is 60.8 Å². The Morgan fingerprint density at radius 1 is 1.00 bits per heavy atom. The zero-order chi connectivity index (χ0) is 23.5. The van der Waals surface area contributed by atoms with Crippen LogP contribution in [-0.2, 0) is 0 Å². The molecule has 4 aromatic rings. The molecule has 1 N–H and O–H groups in total. The third-order valence-corrected chi connectivity index (χ3v) is 7.04. The van der Waals surface area contributed by atoms with E-state index in [0.29, 0.717) is 17.4 Å². The number of pyridine rings is 1. The fraction of sp³-hybridized carbons (Fsp3) is 0.296. The van der Waals surface area contributed by atoms with Crippen LogP contribution in [0, 0.1) is 0 Å². The van der Waals surface area contributed by atoms with E-state index < -0.39 is 0 Å². The molecule has 6 nitrogen and oxygen atoms in total. The standard InChI is InChI=1S/C27H28N4O2S/c1-31(2)26(32)19-10-8-18(9-11-19)24-16-22(14-15-28-24)33-21-12-13-23-25(17-21)34-27(30-23)29-20-6-4-3-5-7-20/h8-17,20H,3-7H2,1-2H3,(H,29,30). The fourth-order valence-corrected chi connectivity index (χ4v) is 5.23. The van der Waals surface area contributed by atoms with Crippen molar-refractivity contribution < 1.29 is 9.53 Å². The zero-order valence-electron chi connectivity index (χ0n) is 19.5. The highest BCUT2D eigenvalue weighted by Gasteiger charge is 2.15. The fourth-order valence-electron chi connectivity index (χ4n) is 4.26. The Kier molecular flexibility index (Phi) is 6.45. The number of fused-ring (bicyclic) bond motifs is 1. The average Bonchev–Trinajstić information content (AvgIpc) is 3.26. The van der Waals surface area contributed by atoms with Gasteiger partial charge in [-0.15, -0.1) is 0 Å². The number of carbonyl (C=O) groups is 1. The number of nitrogens with zero attached hydrogens (tertiary/aromatic N) is 3. The first kappa shape index (κ1) is 22.3. The first-order valence-electron chi connectivity index (χ1n) is 11.7. The van der Waals surface area contributed by atoms with Gasteiger partial charge in [0, 0.05) is 49.6 Å². The van der Waals surface area contributed by atoms with Crippen LogP contribution in [0.3, 0.4) is 0 Å². The SMILES string of the molecule is CN(C)C(=O)c1ccc(-c2cc(Oc3ccc4nc(NC5CCCCC5)sc4c3)ccn2)cc1. The number of hydrogen-bond donors (Lipinski definition) is 1. The quantitative estimate of drug-likeness (QED) is 0.343. The minimum atomic E-state index is -0.0212. The molecule has 7 heteroatoms. The number of carbonyl (C=O) groups excluding carboxylic acids is 1. The maximum atomic E-state index is 12.1. The Balaban J connectivity index is 1.31. The van der Waals surface area contributed by atoms with Gasteiger partial charge in [-0.1, -0.05) is 42.7 Å². The molecule has 2 aromatic heterocycles. The highest BCUT2D eigenvalue weighted by Crippen LogP contribution is 2.33. The van der Waals surface area contributed by atoms with Crippen LogP contribution in [0.2, 0.25) is 0 Å². The Morgan fingerprint density at radius 3 is 2.53 bits per heavy atom. The maximum Gasteiger partial charge on any atom is 0.253 e. The molecule has 0 bridgehead atoms. The molecule has 2 heterocycles. The normalized spacial score (nSPS) is 14.2. The summed E-state index contributed by atoms with van der Waals surface area (Å²) in [6.45, 7) is 0. The van der Waals surface area contributed by atoms with Gasteiger partial charge < -0.3 is 15.0 Å². The number of amides is 1. The van der Waals surface area contributed by atoms with E-state index in [2.05, 4.69) is 10.3 Å². The van der Waals surface area contributed by atoms with Crippen LogP contribution in [0.5, 0.6) is 11.5 Å². The van der Waals surface area contributed by atoms with E-state index in [-0.39, 0.29) is 5.91 Å². The molecule has 1 aliphatic carbocycles. The smallest absolute Gasteiger partial charge is 0.253 e. The largest absolute Gasteiger partial charge is 0.457 e. The predicted molar refractivity (Wildman–Crippen MR) is 138 cm³/mol. The maximum absolute atomic E-state index is 12.1. The van der Waals surface area contributed by atoms with Gasteiger partial charge in [-0.3, -0.25) is 9.78 Å². The Labute approximate surface area is 203 Å². The molecule has 0 saturated heterocycles. The van der Waals surface area contributed by atoms with Crippen LogP contribution in [0.25, 0.3) is 21.5 Å². The van der Waals surface area contributed by atoms with Gasteiger partial charge in [-0.2, -0.15) is 0 Å². The second kappa shape index (κ2) is 9.81. The van der Waals surface area contributed by atoms with E-state index in [9.17, 15) is 4.79 Å². The van der Waals surface area contributed by atoms with Gasteiger partial charge in [-0.05, 0) is 43.2 Å². The van der Waals surface area contributed by atoms with Crippen LogP contribution in [-0.4, -0.2) is 40.9 Å². The summed E-state index contributed by atoms with van der Waals surface area (Å²) in [7, 11) is 3.49. The highest BCUT2D eigenvalue weighted by atomic mass is 32.1. The van der Waals surface area contributed by atoms with Crippen molar-refractivity contribution in [2.24, 2.45) is 0 Å². The third kappa shape index (κ3) is 5.04. The van der Waals surface area contributed by atoms with Gasteiger partial charge in [0.15, 0.2) is 5.13 Å². The molecule has 5 rings (SSSR count). The number of rotatable bonds is 6. The van der Waals surface area contributed by atoms with Crippen LogP contribution < -0.4 is 10.1 Å². The molecule has 34 heavy (non-hydrogen) atoms. The van der Waals surface area contributed by atoms with Crippen molar-refractivity contribution in [3.05, 3.63) is 66.4 Å². The van der Waals surface area contributed by atoms with Crippen molar-refractivity contribution in [3.63, 3.8) is 0 Å². The minimum Gasteiger partial charge on any atom is -0.457 e. The zero-order valence-corrected chi connectivity index (χ0v) is 20.3. The molecule has 1 saturated carbocycles. The Morgan fingerprint density at radius 2 is 1.76 bits per heavy atom. The highest BCUT2D eigenvalue weighted by molar-refractivity contribution is 7.22. The number of thiazole rings is 1. The molecule has 0 aliphatic heterocycles. The number of nitrogens with one attached hydrogen (secondary N) is 1. The number of aromatic nitrogens is 2. The molecule has 1 amide bonds. The molecule has 0 atom stereocenters. The molecular weight excluding hydrogens is 444 g/mol. The molecular formula is C27H28N4O2S. The van der Waals surface area contributed by atoms with Gasteiger partial charge in [0.2, 0.25) is 0 Å². The molecule has 1 aliphatic rings. The Bertz CT molecular complexity index is 1290. The lowest BCUT2D eigenvalue weighted by atomic mass is 9.96. The second-order valence-electron chi connectivity index (χ2n) is 8.88. The Hall–Kier alpha value is -3.45. The van der Waals surface area contributed by atoms with Crippen LogP contribution in [0.4, 0.5) is 5.13 Å². The number of anilines is 1. The molecule has 0 spiro atoms. The van der Waals surface area contributed by atoms with E-state index in [0.717, 1.165) is 32.4 Å². The van der Waals surface area contributed by atoms with Crippen molar-refractivity contribution in [1.29, 1.82) is 0 Å². The van der Waals surface area contributed by atoms with Gasteiger partial charge in [0.05, 0.1) is 15.9 Å². The summed E-state index contributed by atoms with van der Waals surface area (Å²) < 4.78 is 7.26. The topological polar surface area (TPSA) is 67.4 Å². The number of benzene rings is 2. The van der Waals surface area contributed by atoms with Crippen LogP contribution >= 0.6 is 11.3 Å². The van der Waals surface area contributed by atoms with E-state index in [4.69, 9.17) is 9.72 Å². The molecule has 0 radical (unpaired) electrons. The summed E-state index contributed by atoms with van der Waals surface area (Å²) in [4.78, 5) is 22.9. The van der Waals surface area contributed by atoms with Crippen molar-refractivity contribution >= 4 is 32.6 Å². The first-order valence-corrected chi connectivity index (χ1v) is 12.5. The minimum absolute atomic E-state index is 0.0212. The predicted octanol–water partition coefficient (Wildman–Crippen LogP) is 6.60. The third-order valence-electron chi connectivity index (χ3n) is 6.09. The van der Waals surface area contributed by atoms with Crippen molar-refractivity contribution in [1.82, 2.24) is 14.9 Å². The van der Waals surface area contributed by atoms with E-state index >= 15 is 0 Å². The molecule has 1 fully saturated rings. The first-order chi connectivity index (χ1) is 16.5. The van der Waals surface area contributed by atoms with Gasteiger partial charge >= 0.3 is 0 Å². The second-order valence-corrected chi connectivity index (χ2v) is 9.91. The lowest BCUT2D eigenvalue weighted by Gasteiger charge is -2.22. The average molecular weight is 473 g/mol. The van der Waals surface area contributed by atoms with Gasteiger partial charge in [-0.25, -0.2) is 4.98 Å². The summed E-state index contributed by atoms with van der Waals surface area (Å²) >= 11 is 1.68. The van der Waals surface area contributed by atoms with Crippen LogP contribution in [0.1, 0.15) is 42.5 Å². The number of ether oxygens (including phenoxy) is 1. The molecule has 0 unspecified atom stereocenters. The van der Waals surface area contributed by atoms with E-state index in [1.165, 1.54) is 32.1 Å². The summed E-state index contributed by atoms with van der Waals surface area (Å²) in [6.07, 6.45) is 8.13. The van der Waals surface area contributed by atoms with E-state index in [1.54, 1.807) is 36.5 Å². The van der Waals surface area contributed by atoms with Gasteiger partial charge in [0.25, 0.3) is 5.91 Å².